The van der Waals surface area contributed by atoms with Gasteiger partial charge in [-0.05, 0) is 29.2 Å². The monoisotopic (exact) mass is 450 g/mol. The Morgan fingerprint density at radius 2 is 1.53 bits per heavy atom. The lowest BCUT2D eigenvalue weighted by molar-refractivity contribution is -0.159. The van der Waals surface area contributed by atoms with E-state index in [9.17, 15) is 27.6 Å². The van der Waals surface area contributed by atoms with Gasteiger partial charge in [0, 0.05) is 5.92 Å². The molecule has 0 spiro atoms. The Hall–Kier alpha value is -3.56. The third-order valence-corrected chi connectivity index (χ3v) is 5.18. The van der Waals surface area contributed by atoms with Crippen LogP contribution in [-0.4, -0.2) is 47.9 Å². The van der Waals surface area contributed by atoms with Crippen molar-refractivity contribution in [2.24, 2.45) is 0 Å². The molecule has 0 saturated carbocycles. The zero-order valence-electron chi connectivity index (χ0n) is 17.0. The van der Waals surface area contributed by atoms with Crippen LogP contribution in [-0.2, 0) is 14.3 Å². The maximum absolute atomic E-state index is 12.7. The minimum atomic E-state index is -4.72. The molecule has 0 heterocycles. The second kappa shape index (κ2) is 9.29. The molecule has 2 aromatic rings. The maximum Gasteiger partial charge on any atom is 0.408 e. The molecule has 7 nitrogen and oxygen atoms in total. The Morgan fingerprint density at radius 3 is 2.03 bits per heavy atom. The Kier molecular flexibility index (Phi) is 6.71. The molecule has 0 aliphatic heterocycles. The van der Waals surface area contributed by atoms with Gasteiger partial charge >= 0.3 is 18.2 Å². The van der Waals surface area contributed by atoms with E-state index in [0.29, 0.717) is 6.92 Å². The highest BCUT2D eigenvalue weighted by molar-refractivity contribution is 5.89. The number of hydrogen-bond acceptors (Lipinski definition) is 4. The number of benzene rings is 2. The highest BCUT2D eigenvalue weighted by Crippen LogP contribution is 2.44. The summed E-state index contributed by atoms with van der Waals surface area (Å²) in [7, 11) is 0. The zero-order chi connectivity index (χ0) is 23.5. The molecular weight excluding hydrogens is 429 g/mol. The number of carbonyl (C=O) groups excluding carboxylic acids is 2. The summed E-state index contributed by atoms with van der Waals surface area (Å²) in [5, 5.41) is 12.7. The highest BCUT2D eigenvalue weighted by atomic mass is 19.4. The molecule has 2 unspecified atom stereocenters. The number of alkyl halides is 3. The summed E-state index contributed by atoms with van der Waals surface area (Å²) >= 11 is 0. The van der Waals surface area contributed by atoms with Gasteiger partial charge in [-0.15, -0.1) is 0 Å². The predicted molar refractivity (Wildman–Crippen MR) is 108 cm³/mol. The molecule has 3 N–H and O–H groups in total. The van der Waals surface area contributed by atoms with Crippen LogP contribution >= 0.6 is 0 Å². The van der Waals surface area contributed by atoms with Crippen LogP contribution < -0.4 is 10.6 Å². The van der Waals surface area contributed by atoms with Gasteiger partial charge in [-0.1, -0.05) is 48.5 Å². The molecule has 0 aromatic heterocycles. The second-order valence-corrected chi connectivity index (χ2v) is 7.39. The SMILES string of the molecule is CC(NC(=O)C(CC(=O)O)NC(=O)OCC1c2ccccc2-c2ccccc21)C(F)(F)F. The van der Waals surface area contributed by atoms with Crippen molar-refractivity contribution in [3.63, 3.8) is 0 Å². The third kappa shape index (κ3) is 5.19. The summed E-state index contributed by atoms with van der Waals surface area (Å²) in [5.74, 6) is -3.01. The fourth-order valence-electron chi connectivity index (χ4n) is 3.56. The molecule has 1 aliphatic rings. The van der Waals surface area contributed by atoms with Gasteiger partial charge in [0.15, 0.2) is 0 Å². The molecule has 1 aliphatic carbocycles. The molecule has 0 bridgehead atoms. The Labute approximate surface area is 181 Å². The summed E-state index contributed by atoms with van der Waals surface area (Å²) < 4.78 is 43.3. The molecular formula is C22H21F3N2O5. The van der Waals surface area contributed by atoms with Gasteiger partial charge in [0.05, 0.1) is 6.42 Å². The molecule has 0 saturated heterocycles. The van der Waals surface area contributed by atoms with Crippen molar-refractivity contribution >= 4 is 18.0 Å². The molecule has 0 radical (unpaired) electrons. The predicted octanol–water partition coefficient (Wildman–Crippen LogP) is 3.44. The van der Waals surface area contributed by atoms with Crippen molar-refractivity contribution in [2.75, 3.05) is 6.61 Å². The van der Waals surface area contributed by atoms with E-state index in [1.807, 2.05) is 48.5 Å². The number of carboxylic acid groups (broad SMARTS) is 1. The molecule has 2 amide bonds. The van der Waals surface area contributed by atoms with E-state index in [4.69, 9.17) is 9.84 Å². The minimum absolute atomic E-state index is 0.0970. The number of nitrogens with one attached hydrogen (secondary N) is 2. The van der Waals surface area contributed by atoms with Crippen molar-refractivity contribution < 1.29 is 37.4 Å². The Balaban J connectivity index is 1.67. The molecule has 32 heavy (non-hydrogen) atoms. The molecule has 0 fully saturated rings. The standard InChI is InChI=1S/C22H21F3N2O5/c1-12(22(23,24)25)26-20(30)18(10-19(28)29)27-21(31)32-11-17-15-8-4-2-6-13(15)14-7-3-5-9-16(14)17/h2-9,12,17-18H,10-11H2,1H3,(H,26,30)(H,27,31)(H,28,29). The van der Waals surface area contributed by atoms with Gasteiger partial charge in [-0.3, -0.25) is 9.59 Å². The average molecular weight is 450 g/mol. The van der Waals surface area contributed by atoms with Gasteiger partial charge in [0.25, 0.3) is 0 Å². The van der Waals surface area contributed by atoms with E-state index in [1.165, 1.54) is 0 Å². The second-order valence-electron chi connectivity index (χ2n) is 7.39. The maximum atomic E-state index is 12.7. The zero-order valence-corrected chi connectivity index (χ0v) is 17.0. The van der Waals surface area contributed by atoms with E-state index < -0.39 is 42.7 Å². The van der Waals surface area contributed by atoms with Crippen LogP contribution in [0.5, 0.6) is 0 Å². The van der Waals surface area contributed by atoms with Crippen molar-refractivity contribution in [1.29, 1.82) is 0 Å². The number of fused-ring (bicyclic) bond motifs is 3. The number of amides is 2. The van der Waals surface area contributed by atoms with Crippen LogP contribution in [0.3, 0.4) is 0 Å². The van der Waals surface area contributed by atoms with Crippen LogP contribution in [0, 0.1) is 0 Å². The first-order chi connectivity index (χ1) is 15.1. The molecule has 10 heteroatoms. The number of aliphatic carboxylic acids is 1. The van der Waals surface area contributed by atoms with Crippen molar-refractivity contribution in [1.82, 2.24) is 10.6 Å². The summed E-state index contributed by atoms with van der Waals surface area (Å²) in [6, 6.07) is 11.3. The van der Waals surface area contributed by atoms with Crippen LogP contribution in [0.1, 0.15) is 30.4 Å². The molecule has 170 valence electrons. The van der Waals surface area contributed by atoms with E-state index in [2.05, 4.69) is 5.32 Å². The van der Waals surface area contributed by atoms with Crippen LogP contribution in [0.4, 0.5) is 18.0 Å². The quantitative estimate of drug-likeness (QED) is 0.600. The first-order valence-corrected chi connectivity index (χ1v) is 9.78. The van der Waals surface area contributed by atoms with E-state index >= 15 is 0 Å². The number of hydrogen-bond donors (Lipinski definition) is 3. The topological polar surface area (TPSA) is 105 Å². The summed E-state index contributed by atoms with van der Waals surface area (Å²) in [6.07, 6.45) is -6.72. The Morgan fingerprint density at radius 1 is 1.00 bits per heavy atom. The molecule has 2 atom stereocenters. The number of rotatable bonds is 7. The van der Waals surface area contributed by atoms with Crippen LogP contribution in [0.2, 0.25) is 0 Å². The molecule has 3 rings (SSSR count). The fraction of sp³-hybridized carbons (Fsp3) is 0.318. The average Bonchev–Trinajstić information content (AvgIpc) is 3.04. The van der Waals surface area contributed by atoms with E-state index in [1.54, 1.807) is 5.32 Å². The highest BCUT2D eigenvalue weighted by Gasteiger charge is 2.39. The smallest absolute Gasteiger partial charge is 0.408 e. The minimum Gasteiger partial charge on any atom is -0.481 e. The van der Waals surface area contributed by atoms with E-state index in [0.717, 1.165) is 22.3 Å². The summed E-state index contributed by atoms with van der Waals surface area (Å²) in [6.45, 7) is 0.614. The number of ether oxygens (including phenoxy) is 1. The summed E-state index contributed by atoms with van der Waals surface area (Å²) in [4.78, 5) is 35.4. The van der Waals surface area contributed by atoms with Crippen molar-refractivity contribution in [2.45, 2.75) is 37.5 Å². The van der Waals surface area contributed by atoms with Crippen molar-refractivity contribution in [3.05, 3.63) is 59.7 Å². The van der Waals surface area contributed by atoms with Gasteiger partial charge in [0.2, 0.25) is 5.91 Å². The van der Waals surface area contributed by atoms with E-state index in [-0.39, 0.29) is 12.5 Å². The summed E-state index contributed by atoms with van der Waals surface area (Å²) in [5.41, 5.74) is 3.89. The molecule has 2 aromatic carbocycles. The lowest BCUT2D eigenvalue weighted by Gasteiger charge is -2.22. The lowest BCUT2D eigenvalue weighted by atomic mass is 9.98. The van der Waals surface area contributed by atoms with Crippen molar-refractivity contribution in [3.8, 4) is 11.1 Å². The Bertz CT molecular complexity index is 979. The number of alkyl carbamates (subject to hydrolysis) is 1. The lowest BCUT2D eigenvalue weighted by Crippen LogP contribution is -2.53. The number of carbonyl (C=O) groups is 3. The van der Waals surface area contributed by atoms with Gasteiger partial charge in [-0.25, -0.2) is 4.79 Å². The first-order valence-electron chi connectivity index (χ1n) is 9.78. The van der Waals surface area contributed by atoms with Gasteiger partial charge in [0.1, 0.15) is 18.7 Å². The fourth-order valence-corrected chi connectivity index (χ4v) is 3.56. The largest absolute Gasteiger partial charge is 0.481 e. The van der Waals surface area contributed by atoms with Gasteiger partial charge < -0.3 is 20.5 Å². The van der Waals surface area contributed by atoms with Crippen LogP contribution in [0.25, 0.3) is 11.1 Å². The van der Waals surface area contributed by atoms with Gasteiger partial charge in [-0.2, -0.15) is 13.2 Å². The first kappa shape index (κ1) is 23.1. The third-order valence-electron chi connectivity index (χ3n) is 5.18. The number of halogens is 3. The van der Waals surface area contributed by atoms with Crippen LogP contribution in [0.15, 0.2) is 48.5 Å². The normalized spacial score (nSPS) is 14.6. The number of carboxylic acids is 1.